The van der Waals surface area contributed by atoms with Crippen molar-refractivity contribution >= 4 is 45.3 Å². The van der Waals surface area contributed by atoms with Gasteiger partial charge in [-0.2, -0.15) is 0 Å². The molecule has 0 fully saturated rings. The number of ether oxygens (including phenoxy) is 2. The molecule has 0 unspecified atom stereocenters. The van der Waals surface area contributed by atoms with Crippen LogP contribution in [0, 0.1) is 0 Å². The van der Waals surface area contributed by atoms with Crippen LogP contribution in [0.1, 0.15) is 26.3 Å². The summed E-state index contributed by atoms with van der Waals surface area (Å²) in [5.41, 5.74) is 3.34. The maximum absolute atomic E-state index is 13.1. The van der Waals surface area contributed by atoms with Crippen LogP contribution in [0.2, 0.25) is 10.0 Å². The molecule has 0 saturated carbocycles. The number of guanidine groups is 1. The summed E-state index contributed by atoms with van der Waals surface area (Å²) in [4.78, 5) is 17.1. The molecule has 0 radical (unpaired) electrons. The molecule has 8 nitrogen and oxygen atoms in total. The van der Waals surface area contributed by atoms with E-state index in [1.807, 2.05) is 36.4 Å². The maximum atomic E-state index is 13.1. The van der Waals surface area contributed by atoms with Crippen LogP contribution in [-0.2, 0) is 21.3 Å². The predicted molar refractivity (Wildman–Crippen MR) is 171 cm³/mol. The number of hydrogen-bond donors (Lipinski definition) is 2. The van der Waals surface area contributed by atoms with E-state index in [0.717, 1.165) is 22.3 Å². The Morgan fingerprint density at radius 3 is 1.88 bits per heavy atom. The zero-order valence-corrected chi connectivity index (χ0v) is 26.3. The predicted octanol–water partition coefficient (Wildman–Crippen LogP) is 7.70. The summed E-state index contributed by atoms with van der Waals surface area (Å²) in [6, 6.07) is 26.4. The SMILES string of the molecule is COc1cc(-c2ccc(Cl)cc2)c(-c2ccc(Cl)cc2)cc1CN=C(NC(=O)OC(C)(C)C)NS(=O)(=O)c1ccccc1. The summed E-state index contributed by atoms with van der Waals surface area (Å²) in [7, 11) is -2.54. The Morgan fingerprint density at radius 2 is 1.37 bits per heavy atom. The van der Waals surface area contributed by atoms with Crippen LogP contribution in [0.5, 0.6) is 5.75 Å². The quantitative estimate of drug-likeness (QED) is 0.159. The van der Waals surface area contributed by atoms with Gasteiger partial charge in [0.15, 0.2) is 0 Å². The zero-order valence-electron chi connectivity index (χ0n) is 24.0. The average Bonchev–Trinajstić information content (AvgIpc) is 2.95. The molecule has 2 N–H and O–H groups in total. The van der Waals surface area contributed by atoms with Crippen molar-refractivity contribution in [3.05, 3.63) is 107 Å². The molecule has 0 heterocycles. The first-order valence-corrected chi connectivity index (χ1v) is 15.4. The Morgan fingerprint density at radius 1 is 0.837 bits per heavy atom. The van der Waals surface area contributed by atoms with Crippen LogP contribution < -0.4 is 14.8 Å². The van der Waals surface area contributed by atoms with Crippen LogP contribution >= 0.6 is 23.2 Å². The molecule has 4 aromatic rings. The Balaban J connectivity index is 1.78. The normalized spacial score (nSPS) is 12.0. The highest BCUT2D eigenvalue weighted by atomic mass is 35.5. The van der Waals surface area contributed by atoms with Gasteiger partial charge in [-0.15, -0.1) is 0 Å². The van der Waals surface area contributed by atoms with E-state index in [-0.39, 0.29) is 17.4 Å². The lowest BCUT2D eigenvalue weighted by atomic mass is 9.92. The van der Waals surface area contributed by atoms with Crippen LogP contribution in [-0.4, -0.2) is 33.2 Å². The fraction of sp³-hybridized carbons (Fsp3) is 0.188. The first-order valence-electron chi connectivity index (χ1n) is 13.2. The Labute approximate surface area is 261 Å². The topological polar surface area (TPSA) is 106 Å². The second kappa shape index (κ2) is 13.5. The molecule has 0 spiro atoms. The molecule has 224 valence electrons. The highest BCUT2D eigenvalue weighted by Gasteiger charge is 2.22. The monoisotopic (exact) mass is 639 g/mol. The first-order chi connectivity index (χ1) is 20.3. The summed E-state index contributed by atoms with van der Waals surface area (Å²) in [5, 5.41) is 3.64. The number of methoxy groups -OCH3 is 1. The number of amides is 1. The minimum Gasteiger partial charge on any atom is -0.496 e. The summed E-state index contributed by atoms with van der Waals surface area (Å²) in [6.45, 7) is 5.04. The van der Waals surface area contributed by atoms with Crippen molar-refractivity contribution < 1.29 is 22.7 Å². The second-order valence-corrected chi connectivity index (χ2v) is 13.0. The van der Waals surface area contributed by atoms with Gasteiger partial charge in [-0.3, -0.25) is 5.32 Å². The number of rotatable bonds is 7. The van der Waals surface area contributed by atoms with Gasteiger partial charge in [0.25, 0.3) is 10.0 Å². The van der Waals surface area contributed by atoms with Crippen LogP contribution in [0.15, 0.2) is 101 Å². The summed E-state index contributed by atoms with van der Waals surface area (Å²) < 4.78 is 39.6. The minimum atomic E-state index is -4.08. The summed E-state index contributed by atoms with van der Waals surface area (Å²) in [5.74, 6) is 0.198. The first kappa shape index (κ1) is 31.9. The van der Waals surface area contributed by atoms with Gasteiger partial charge in [-0.1, -0.05) is 65.7 Å². The lowest BCUT2D eigenvalue weighted by molar-refractivity contribution is 0.0562. The van der Waals surface area contributed by atoms with E-state index in [9.17, 15) is 13.2 Å². The molecule has 43 heavy (non-hydrogen) atoms. The average molecular weight is 641 g/mol. The number of nitrogens with zero attached hydrogens (tertiary/aromatic N) is 1. The Bertz CT molecular complexity index is 1720. The van der Waals surface area contributed by atoms with E-state index in [0.29, 0.717) is 21.4 Å². The third-order valence-electron chi connectivity index (χ3n) is 6.04. The fourth-order valence-electron chi connectivity index (χ4n) is 4.12. The van der Waals surface area contributed by atoms with Gasteiger partial charge >= 0.3 is 6.09 Å². The van der Waals surface area contributed by atoms with Crippen molar-refractivity contribution in [2.24, 2.45) is 4.99 Å². The maximum Gasteiger partial charge on any atom is 0.414 e. The number of sulfonamides is 1. The van der Waals surface area contributed by atoms with E-state index < -0.39 is 21.7 Å². The standard InChI is InChI=1S/C32H31Cl2N3O5S/c1-32(2,3)42-31(38)36-30(37-43(39,40)26-8-6-5-7-9-26)35-20-23-18-27(21-10-14-24(33)15-11-21)28(19-29(23)41-4)22-12-16-25(34)17-13-22/h5-19H,20H2,1-4H3,(H2,35,36,37,38). The van der Waals surface area contributed by atoms with E-state index >= 15 is 0 Å². The number of halogens is 2. The van der Waals surface area contributed by atoms with Crippen LogP contribution in [0.25, 0.3) is 22.3 Å². The molecule has 4 rings (SSSR count). The number of alkyl carbamates (subject to hydrolysis) is 1. The van der Waals surface area contributed by atoms with Gasteiger partial charge in [0.05, 0.1) is 18.6 Å². The smallest absolute Gasteiger partial charge is 0.414 e. The molecule has 4 aromatic carbocycles. The third kappa shape index (κ3) is 8.73. The van der Waals surface area contributed by atoms with Crippen molar-refractivity contribution in [1.82, 2.24) is 10.0 Å². The zero-order chi connectivity index (χ0) is 31.2. The lowest BCUT2D eigenvalue weighted by Crippen LogP contribution is -2.45. The van der Waals surface area contributed by atoms with E-state index in [2.05, 4.69) is 15.0 Å². The van der Waals surface area contributed by atoms with Crippen molar-refractivity contribution in [3.63, 3.8) is 0 Å². The minimum absolute atomic E-state index is 0.00334. The molecule has 11 heteroatoms. The van der Waals surface area contributed by atoms with Crippen LogP contribution in [0.3, 0.4) is 0 Å². The molecular formula is C32H31Cl2N3O5S. The highest BCUT2D eigenvalue weighted by Crippen LogP contribution is 2.38. The van der Waals surface area contributed by atoms with E-state index in [1.54, 1.807) is 63.2 Å². The van der Waals surface area contributed by atoms with Crippen molar-refractivity contribution in [1.29, 1.82) is 0 Å². The van der Waals surface area contributed by atoms with Gasteiger partial charge in [-0.05, 0) is 91.6 Å². The van der Waals surface area contributed by atoms with Crippen molar-refractivity contribution in [3.8, 4) is 28.0 Å². The fourth-order valence-corrected chi connectivity index (χ4v) is 5.38. The lowest BCUT2D eigenvalue weighted by Gasteiger charge is -2.20. The largest absolute Gasteiger partial charge is 0.496 e. The molecule has 1 amide bonds. The number of benzene rings is 4. The van der Waals surface area contributed by atoms with Gasteiger partial charge in [0.2, 0.25) is 5.96 Å². The van der Waals surface area contributed by atoms with E-state index in [1.165, 1.54) is 19.2 Å². The van der Waals surface area contributed by atoms with Gasteiger partial charge in [0.1, 0.15) is 11.4 Å². The molecule has 0 atom stereocenters. The van der Waals surface area contributed by atoms with Gasteiger partial charge in [0, 0.05) is 15.6 Å². The number of hydrogen-bond acceptors (Lipinski definition) is 6. The molecule has 0 aliphatic rings. The van der Waals surface area contributed by atoms with Crippen LogP contribution in [0.4, 0.5) is 4.79 Å². The Hall–Kier alpha value is -4.05. The van der Waals surface area contributed by atoms with Gasteiger partial charge in [-0.25, -0.2) is 22.9 Å². The number of carbonyl (C=O) groups excluding carboxylic acids is 1. The third-order valence-corrected chi connectivity index (χ3v) is 7.90. The number of carbonyl (C=O) groups is 1. The molecule has 0 saturated heterocycles. The van der Waals surface area contributed by atoms with E-state index in [4.69, 9.17) is 32.7 Å². The molecule has 0 aromatic heterocycles. The molecule has 0 aliphatic heterocycles. The highest BCUT2D eigenvalue weighted by molar-refractivity contribution is 7.90. The van der Waals surface area contributed by atoms with Crippen molar-refractivity contribution in [2.45, 2.75) is 37.8 Å². The Kier molecular flexibility index (Phi) is 10.0. The second-order valence-electron chi connectivity index (χ2n) is 10.4. The van der Waals surface area contributed by atoms with Crippen molar-refractivity contribution in [2.75, 3.05) is 7.11 Å². The molecule has 0 bridgehead atoms. The number of nitrogens with one attached hydrogen (secondary N) is 2. The molecule has 0 aliphatic carbocycles. The summed E-state index contributed by atoms with van der Waals surface area (Å²) >= 11 is 12.3. The number of aliphatic imine (C=N–C) groups is 1. The summed E-state index contributed by atoms with van der Waals surface area (Å²) in [6.07, 6.45) is -0.867. The van der Waals surface area contributed by atoms with Gasteiger partial charge < -0.3 is 9.47 Å². The molecular weight excluding hydrogens is 609 g/mol.